The quantitative estimate of drug-likeness (QED) is 0.289. The number of aliphatic hydroxyl groups is 3. The first-order chi connectivity index (χ1) is 21.3. The van der Waals surface area contributed by atoms with Gasteiger partial charge in [0.1, 0.15) is 28.6 Å². The lowest BCUT2D eigenvalue weighted by molar-refractivity contribution is -0.153. The Morgan fingerprint density at radius 2 is 1.73 bits per heavy atom. The zero-order valence-corrected chi connectivity index (χ0v) is 25.8. The Hall–Kier alpha value is -4.19. The van der Waals surface area contributed by atoms with Gasteiger partial charge in [-0.25, -0.2) is 0 Å². The SMILES string of the molecule is CCN(Cc1cc(O)c2c(c1OC)C[C@H]1C[C@H]3[C@H](N(C)C)C(=O)C(C(N)=O)=C(O)[C@@]3(O)C(=O)C1=C2O)C1Cc2ccccc2C1. The number of carbonyl (C=O) groups excluding carboxylic acids is 3. The third-order valence-corrected chi connectivity index (χ3v) is 10.3. The Labute approximate surface area is 261 Å². The normalized spacial score (nSPS) is 26.2. The highest BCUT2D eigenvalue weighted by molar-refractivity contribution is 6.24. The Kier molecular flexibility index (Phi) is 7.54. The number of phenolic OH excluding ortho intramolecular Hbond substituents is 1. The van der Waals surface area contributed by atoms with Gasteiger partial charge in [-0.2, -0.15) is 0 Å². The van der Waals surface area contributed by atoms with E-state index in [4.69, 9.17) is 10.5 Å². The molecular weight excluding hydrogens is 578 g/mol. The highest BCUT2D eigenvalue weighted by Gasteiger charge is 2.64. The topological polar surface area (TPSA) is 174 Å². The number of aromatic hydroxyl groups is 1. The number of fused-ring (bicyclic) bond motifs is 4. The fraction of sp³-hybridized carbons (Fsp3) is 0.441. The summed E-state index contributed by atoms with van der Waals surface area (Å²) in [6, 6.07) is 9.06. The molecule has 1 saturated carbocycles. The van der Waals surface area contributed by atoms with Crippen LogP contribution in [0.4, 0.5) is 0 Å². The van der Waals surface area contributed by atoms with Crippen LogP contribution in [0.2, 0.25) is 0 Å². The minimum Gasteiger partial charge on any atom is -0.508 e. The first kappa shape index (κ1) is 30.8. The van der Waals surface area contributed by atoms with E-state index in [2.05, 4.69) is 24.0 Å². The lowest BCUT2D eigenvalue weighted by Gasteiger charge is -2.50. The van der Waals surface area contributed by atoms with Crippen molar-refractivity contribution in [2.24, 2.45) is 17.6 Å². The van der Waals surface area contributed by atoms with E-state index in [1.165, 1.54) is 29.2 Å². The number of phenols is 1. The van der Waals surface area contributed by atoms with E-state index >= 15 is 0 Å². The van der Waals surface area contributed by atoms with Gasteiger partial charge in [-0.05, 0) is 69.4 Å². The van der Waals surface area contributed by atoms with Gasteiger partial charge in [0, 0.05) is 35.2 Å². The molecule has 1 amide bonds. The number of hydrogen-bond acceptors (Lipinski definition) is 10. The molecule has 0 radical (unpaired) electrons. The number of carbonyl (C=O) groups is 3. The first-order valence-electron chi connectivity index (χ1n) is 15.2. The van der Waals surface area contributed by atoms with Gasteiger partial charge >= 0.3 is 0 Å². The van der Waals surface area contributed by atoms with Crippen LogP contribution in [-0.4, -0.2) is 93.1 Å². The van der Waals surface area contributed by atoms with Gasteiger partial charge in [0.25, 0.3) is 5.91 Å². The molecule has 0 saturated heterocycles. The van der Waals surface area contributed by atoms with Crippen molar-refractivity contribution in [3.63, 3.8) is 0 Å². The predicted octanol–water partition coefficient (Wildman–Crippen LogP) is 1.96. The number of ketones is 2. The summed E-state index contributed by atoms with van der Waals surface area (Å²) in [4.78, 5) is 43.4. The van der Waals surface area contributed by atoms with Gasteiger partial charge in [0.15, 0.2) is 11.4 Å². The second kappa shape index (κ2) is 11.0. The van der Waals surface area contributed by atoms with Gasteiger partial charge in [-0.1, -0.05) is 31.2 Å². The minimum absolute atomic E-state index is 0.0152. The second-order valence-corrected chi connectivity index (χ2v) is 12.8. The van der Waals surface area contributed by atoms with Crippen molar-refractivity contribution in [2.45, 2.75) is 56.8 Å². The average Bonchev–Trinajstić information content (AvgIpc) is 3.41. The molecule has 2 aromatic carbocycles. The van der Waals surface area contributed by atoms with Crippen LogP contribution >= 0.6 is 0 Å². The molecule has 0 spiro atoms. The molecule has 0 bridgehead atoms. The van der Waals surface area contributed by atoms with Crippen LogP contribution in [0.25, 0.3) is 5.76 Å². The van der Waals surface area contributed by atoms with Crippen LogP contribution in [0.1, 0.15) is 41.2 Å². The number of nitrogens with zero attached hydrogens (tertiary/aromatic N) is 2. The molecule has 6 N–H and O–H groups in total. The van der Waals surface area contributed by atoms with Crippen molar-refractivity contribution in [3.8, 4) is 11.5 Å². The smallest absolute Gasteiger partial charge is 0.255 e. The van der Waals surface area contributed by atoms with Gasteiger partial charge in [-0.15, -0.1) is 0 Å². The molecule has 238 valence electrons. The number of hydrogen-bond donors (Lipinski definition) is 5. The zero-order chi connectivity index (χ0) is 32.5. The molecule has 11 heteroatoms. The largest absolute Gasteiger partial charge is 0.508 e. The molecule has 1 fully saturated rings. The molecule has 6 rings (SSSR count). The molecule has 45 heavy (non-hydrogen) atoms. The molecule has 4 atom stereocenters. The van der Waals surface area contributed by atoms with Crippen molar-refractivity contribution in [3.05, 3.63) is 75.1 Å². The fourth-order valence-electron chi connectivity index (χ4n) is 8.24. The van der Waals surface area contributed by atoms with Crippen LogP contribution in [0.15, 0.2) is 47.2 Å². The summed E-state index contributed by atoms with van der Waals surface area (Å²) in [5.74, 6) is -6.32. The average molecular weight is 618 g/mol. The van der Waals surface area contributed by atoms with Gasteiger partial charge in [-0.3, -0.25) is 24.2 Å². The lowest BCUT2D eigenvalue weighted by Crippen LogP contribution is -2.65. The molecule has 4 aliphatic carbocycles. The van der Waals surface area contributed by atoms with E-state index in [0.29, 0.717) is 17.9 Å². The first-order valence-corrected chi connectivity index (χ1v) is 15.2. The highest BCUT2D eigenvalue weighted by Crippen LogP contribution is 2.54. The van der Waals surface area contributed by atoms with Gasteiger partial charge in [0.05, 0.1) is 18.7 Å². The van der Waals surface area contributed by atoms with Crippen molar-refractivity contribution >= 4 is 23.2 Å². The summed E-state index contributed by atoms with van der Waals surface area (Å²) >= 11 is 0. The summed E-state index contributed by atoms with van der Waals surface area (Å²) in [5.41, 5.74) is 5.61. The van der Waals surface area contributed by atoms with Crippen molar-refractivity contribution in [2.75, 3.05) is 27.7 Å². The molecule has 0 unspecified atom stereocenters. The molecule has 0 aromatic heterocycles. The number of nitrogens with two attached hydrogens (primary N) is 1. The zero-order valence-electron chi connectivity index (χ0n) is 25.8. The monoisotopic (exact) mass is 617 g/mol. The van der Waals surface area contributed by atoms with Crippen LogP contribution in [0.3, 0.4) is 0 Å². The number of likely N-dealkylation sites (N-methyl/N-ethyl adjacent to an activating group) is 2. The molecule has 0 heterocycles. The molecule has 2 aromatic rings. The number of benzene rings is 2. The summed E-state index contributed by atoms with van der Waals surface area (Å²) in [6.07, 6.45) is 2.01. The number of primary amides is 1. The Bertz CT molecular complexity index is 1670. The van der Waals surface area contributed by atoms with Crippen LogP contribution in [0.5, 0.6) is 11.5 Å². The maximum atomic E-state index is 14.1. The van der Waals surface area contributed by atoms with E-state index in [0.717, 1.165) is 24.9 Å². The molecule has 11 nitrogen and oxygen atoms in total. The van der Waals surface area contributed by atoms with Crippen molar-refractivity contribution in [1.82, 2.24) is 9.80 Å². The third-order valence-electron chi connectivity index (χ3n) is 10.3. The van der Waals surface area contributed by atoms with Crippen LogP contribution in [-0.2, 0) is 40.2 Å². The van der Waals surface area contributed by atoms with E-state index in [1.54, 1.807) is 14.1 Å². The summed E-state index contributed by atoms with van der Waals surface area (Å²) in [5, 5.41) is 45.7. The predicted molar refractivity (Wildman–Crippen MR) is 165 cm³/mol. The molecular formula is C34H39N3O8. The third kappa shape index (κ3) is 4.47. The highest BCUT2D eigenvalue weighted by atomic mass is 16.5. The lowest BCUT2D eigenvalue weighted by atomic mass is 9.57. The maximum absolute atomic E-state index is 14.1. The van der Waals surface area contributed by atoms with Crippen molar-refractivity contribution < 1.29 is 39.5 Å². The number of amides is 1. The summed E-state index contributed by atoms with van der Waals surface area (Å²) in [7, 11) is 4.67. The van der Waals surface area contributed by atoms with Crippen LogP contribution in [0, 0.1) is 11.8 Å². The minimum atomic E-state index is -2.68. The number of rotatable bonds is 7. The van der Waals surface area contributed by atoms with E-state index in [-0.39, 0.29) is 35.8 Å². The molecule has 4 aliphatic rings. The summed E-state index contributed by atoms with van der Waals surface area (Å²) < 4.78 is 5.92. The Balaban J connectivity index is 1.42. The van der Waals surface area contributed by atoms with Crippen LogP contribution < -0.4 is 10.5 Å². The Morgan fingerprint density at radius 3 is 2.29 bits per heavy atom. The van der Waals surface area contributed by atoms with Gasteiger partial charge < -0.3 is 30.9 Å². The summed E-state index contributed by atoms with van der Waals surface area (Å²) in [6.45, 7) is 3.33. The number of aliphatic hydroxyl groups excluding tert-OH is 2. The fourth-order valence-corrected chi connectivity index (χ4v) is 8.24. The van der Waals surface area contributed by atoms with E-state index in [1.807, 2.05) is 12.1 Å². The maximum Gasteiger partial charge on any atom is 0.255 e. The Morgan fingerprint density at radius 1 is 1.09 bits per heavy atom. The van der Waals surface area contributed by atoms with E-state index in [9.17, 15) is 34.8 Å². The second-order valence-electron chi connectivity index (χ2n) is 12.8. The molecule has 0 aliphatic heterocycles. The van der Waals surface area contributed by atoms with Crippen molar-refractivity contribution in [1.29, 1.82) is 0 Å². The number of ether oxygens (including phenoxy) is 1. The van der Waals surface area contributed by atoms with Gasteiger partial charge in [0.2, 0.25) is 5.78 Å². The standard InChI is InChI=1S/C34H39N3O8/c1-5-37(20-10-16-8-6-7-9-17(16)11-20)15-19-14-23(38)25-21(30(19)45-4)12-18-13-22-27(36(2)3)29(40)26(33(35)43)32(42)34(22,44)31(41)24(18)28(25)39/h6-9,14,18,20,22,27,38-39,42,44H,5,10-13,15H2,1-4H3,(H2,35,43)/t18-,22-,27-,34-/m0/s1. The van der Waals surface area contributed by atoms with E-state index < -0.39 is 58.0 Å². The number of Topliss-reactive ketones (excluding diaryl/α,β-unsaturated/α-hetero) is 2. The number of methoxy groups -OCH3 is 1.